The number of aryl methyl sites for hydroxylation is 1. The van der Waals surface area contributed by atoms with Gasteiger partial charge in [-0.2, -0.15) is 0 Å². The van der Waals surface area contributed by atoms with Gasteiger partial charge in [-0.3, -0.25) is 9.59 Å². The second-order valence-corrected chi connectivity index (χ2v) is 9.36. The third kappa shape index (κ3) is 5.61. The van der Waals surface area contributed by atoms with Crippen molar-refractivity contribution in [2.45, 2.75) is 32.6 Å². The predicted octanol–water partition coefficient (Wildman–Crippen LogP) is 6.46. The molecule has 0 unspecified atom stereocenters. The van der Waals surface area contributed by atoms with Crippen LogP contribution >= 0.6 is 0 Å². The Labute approximate surface area is 229 Å². The van der Waals surface area contributed by atoms with E-state index in [2.05, 4.69) is 0 Å². The first-order chi connectivity index (χ1) is 19.5. The maximum Gasteiger partial charge on any atom is 0.371 e. The number of ether oxygens (including phenoxy) is 2. The van der Waals surface area contributed by atoms with Crippen molar-refractivity contribution in [2.75, 3.05) is 13.2 Å². The van der Waals surface area contributed by atoms with Gasteiger partial charge < -0.3 is 23.4 Å². The van der Waals surface area contributed by atoms with Crippen molar-refractivity contribution in [1.29, 1.82) is 0 Å². The molecular formula is C32H28O8. The van der Waals surface area contributed by atoms with Gasteiger partial charge in [-0.05, 0) is 49.1 Å². The molecule has 0 fully saturated rings. The third-order valence-electron chi connectivity index (χ3n) is 6.56. The third-order valence-corrected chi connectivity index (χ3v) is 6.56. The van der Waals surface area contributed by atoms with Gasteiger partial charge in [0.15, 0.2) is 10.9 Å². The van der Waals surface area contributed by atoms with Crippen LogP contribution in [0.15, 0.2) is 91.4 Å². The second-order valence-electron chi connectivity index (χ2n) is 9.36. The van der Waals surface area contributed by atoms with Gasteiger partial charge in [0.1, 0.15) is 28.9 Å². The van der Waals surface area contributed by atoms with Crippen LogP contribution < -0.4 is 20.3 Å². The van der Waals surface area contributed by atoms with E-state index in [0.29, 0.717) is 71.5 Å². The van der Waals surface area contributed by atoms with Gasteiger partial charge in [0, 0.05) is 17.7 Å². The molecule has 2 heterocycles. The number of hydrogen-bond acceptors (Lipinski definition) is 7. The lowest BCUT2D eigenvalue weighted by Gasteiger charge is -2.13. The monoisotopic (exact) mass is 540 g/mol. The molecule has 3 aromatic carbocycles. The number of carboxylic acids is 1. The molecule has 0 radical (unpaired) electrons. The van der Waals surface area contributed by atoms with Crippen LogP contribution in [0.25, 0.3) is 33.1 Å². The number of hydrogen-bond donors (Lipinski definition) is 1. The Balaban J connectivity index is 1.19. The molecule has 0 spiro atoms. The van der Waals surface area contributed by atoms with Crippen LogP contribution in [-0.2, 0) is 6.42 Å². The lowest BCUT2D eigenvalue weighted by atomic mass is 10.0. The second kappa shape index (κ2) is 11.9. The summed E-state index contributed by atoms with van der Waals surface area (Å²) in [5.74, 6) is -0.513. The zero-order valence-electron chi connectivity index (χ0n) is 22.0. The van der Waals surface area contributed by atoms with E-state index in [1.807, 2.05) is 37.3 Å². The molecule has 2 aromatic heterocycles. The Morgan fingerprint density at radius 3 is 2.40 bits per heavy atom. The van der Waals surface area contributed by atoms with Crippen LogP contribution in [0.4, 0.5) is 0 Å². The molecule has 0 aliphatic heterocycles. The summed E-state index contributed by atoms with van der Waals surface area (Å²) in [5.41, 5.74) is 2.23. The van der Waals surface area contributed by atoms with Crippen LogP contribution in [-0.4, -0.2) is 24.3 Å². The Morgan fingerprint density at radius 1 is 0.900 bits per heavy atom. The fourth-order valence-electron chi connectivity index (χ4n) is 4.58. The van der Waals surface area contributed by atoms with Gasteiger partial charge in [0.05, 0.1) is 29.5 Å². The lowest BCUT2D eigenvalue weighted by Crippen LogP contribution is -2.09. The molecule has 5 rings (SSSR count). The Hall–Kier alpha value is -4.85. The van der Waals surface area contributed by atoms with Crippen molar-refractivity contribution in [1.82, 2.24) is 0 Å². The number of aromatic carboxylic acids is 1. The average Bonchev–Trinajstić information content (AvgIpc) is 2.96. The summed E-state index contributed by atoms with van der Waals surface area (Å²) in [4.78, 5) is 36.7. The molecule has 0 saturated carbocycles. The van der Waals surface area contributed by atoms with Crippen molar-refractivity contribution < 1.29 is 28.2 Å². The van der Waals surface area contributed by atoms with Gasteiger partial charge in [-0.1, -0.05) is 43.7 Å². The van der Waals surface area contributed by atoms with Crippen molar-refractivity contribution in [3.05, 3.63) is 105 Å². The first-order valence-electron chi connectivity index (χ1n) is 13.2. The van der Waals surface area contributed by atoms with Crippen molar-refractivity contribution in [3.63, 3.8) is 0 Å². The van der Waals surface area contributed by atoms with Crippen molar-refractivity contribution in [3.8, 4) is 22.6 Å². The van der Waals surface area contributed by atoms with E-state index in [4.69, 9.17) is 18.3 Å². The van der Waals surface area contributed by atoms with E-state index in [1.165, 1.54) is 6.26 Å². The summed E-state index contributed by atoms with van der Waals surface area (Å²) in [7, 11) is 0. The summed E-state index contributed by atoms with van der Waals surface area (Å²) in [6.07, 6.45) is 4.24. The van der Waals surface area contributed by atoms with E-state index in [9.17, 15) is 19.5 Å². The molecule has 8 heteroatoms. The molecular weight excluding hydrogens is 512 g/mol. The maximum absolute atomic E-state index is 12.9. The van der Waals surface area contributed by atoms with Gasteiger partial charge in [0.2, 0.25) is 5.76 Å². The first-order valence-corrected chi connectivity index (χ1v) is 13.2. The lowest BCUT2D eigenvalue weighted by molar-refractivity contribution is 0.0663. The number of carbonyl (C=O) groups is 1. The van der Waals surface area contributed by atoms with Crippen LogP contribution in [0.1, 0.15) is 42.3 Å². The fourth-order valence-corrected chi connectivity index (χ4v) is 4.58. The molecule has 1 N–H and O–H groups in total. The molecule has 40 heavy (non-hydrogen) atoms. The number of carboxylic acid groups (broad SMARTS) is 1. The maximum atomic E-state index is 12.9. The van der Waals surface area contributed by atoms with Gasteiger partial charge in [-0.15, -0.1) is 0 Å². The zero-order valence-corrected chi connectivity index (χ0v) is 22.0. The van der Waals surface area contributed by atoms with Gasteiger partial charge in [-0.25, -0.2) is 4.79 Å². The largest absolute Gasteiger partial charge is 0.493 e. The van der Waals surface area contributed by atoms with E-state index < -0.39 is 17.2 Å². The van der Waals surface area contributed by atoms with E-state index in [-0.39, 0.29) is 11.0 Å². The highest BCUT2D eigenvalue weighted by molar-refractivity contribution is 5.89. The van der Waals surface area contributed by atoms with Crippen LogP contribution in [0.3, 0.4) is 0 Å². The minimum absolute atomic E-state index is 0.0919. The van der Waals surface area contributed by atoms with E-state index in [1.54, 1.807) is 30.3 Å². The molecule has 8 nitrogen and oxygen atoms in total. The van der Waals surface area contributed by atoms with Crippen LogP contribution in [0.5, 0.6) is 11.5 Å². The van der Waals surface area contributed by atoms with Crippen LogP contribution in [0.2, 0.25) is 0 Å². The topological polar surface area (TPSA) is 116 Å². The number of fused-ring (bicyclic) bond motifs is 2. The summed E-state index contributed by atoms with van der Waals surface area (Å²) < 4.78 is 23.2. The minimum atomic E-state index is -1.29. The summed E-state index contributed by atoms with van der Waals surface area (Å²) in [6.45, 7) is 2.83. The Morgan fingerprint density at radius 2 is 1.65 bits per heavy atom. The van der Waals surface area contributed by atoms with Crippen molar-refractivity contribution >= 4 is 27.9 Å². The van der Waals surface area contributed by atoms with Crippen LogP contribution in [0, 0.1) is 0 Å². The van der Waals surface area contributed by atoms with E-state index in [0.717, 1.165) is 18.1 Å². The summed E-state index contributed by atoms with van der Waals surface area (Å²) in [6, 6.07) is 18.9. The highest BCUT2D eigenvalue weighted by atomic mass is 16.5. The standard InChI is InChI=1S/C32H28O8/c1-2-8-24-27(14-13-22-26(33)18-29(32(35)36)40-31(22)24)38-16-7-6-15-37-21-11-12-23-28(17-21)39-19-25(30(23)34)20-9-4-3-5-10-20/h3-5,9-14,17-19H,2,6-8,15-16H2,1H3,(H,35,36). The molecule has 0 saturated heterocycles. The first kappa shape index (κ1) is 26.7. The van der Waals surface area contributed by atoms with Gasteiger partial charge >= 0.3 is 5.97 Å². The summed E-state index contributed by atoms with van der Waals surface area (Å²) >= 11 is 0. The quantitative estimate of drug-likeness (QED) is 0.190. The van der Waals surface area contributed by atoms with Gasteiger partial charge in [0.25, 0.3) is 0 Å². The predicted molar refractivity (Wildman–Crippen MR) is 152 cm³/mol. The molecule has 204 valence electrons. The molecule has 0 aliphatic carbocycles. The molecule has 0 amide bonds. The number of unbranched alkanes of at least 4 members (excludes halogenated alkanes) is 1. The number of benzene rings is 3. The summed E-state index contributed by atoms with van der Waals surface area (Å²) in [5, 5.41) is 10.1. The minimum Gasteiger partial charge on any atom is -0.493 e. The highest BCUT2D eigenvalue weighted by Gasteiger charge is 2.17. The fraction of sp³-hybridized carbons (Fsp3) is 0.219. The molecule has 5 aromatic rings. The normalized spacial score (nSPS) is 11.1. The Kier molecular flexibility index (Phi) is 7.96. The molecule has 0 atom stereocenters. The highest BCUT2D eigenvalue weighted by Crippen LogP contribution is 2.29. The zero-order chi connectivity index (χ0) is 28.1. The van der Waals surface area contributed by atoms with E-state index >= 15 is 0 Å². The Bertz CT molecular complexity index is 1780. The molecule has 0 bridgehead atoms. The average molecular weight is 541 g/mol. The smallest absolute Gasteiger partial charge is 0.371 e. The number of rotatable bonds is 11. The SMILES string of the molecule is CCCc1c(OCCCCOc2ccc3c(=O)c(-c4ccccc4)coc3c2)ccc2c(=O)cc(C(=O)O)oc12. The van der Waals surface area contributed by atoms with Crippen molar-refractivity contribution in [2.24, 2.45) is 0 Å². The molecule has 0 aliphatic rings.